The molecule has 2 aliphatic heterocycles. The van der Waals surface area contributed by atoms with E-state index in [9.17, 15) is 4.79 Å². The summed E-state index contributed by atoms with van der Waals surface area (Å²) in [4.78, 5) is 12.2. The normalized spacial score (nSPS) is 31.6. The predicted octanol–water partition coefficient (Wildman–Crippen LogP) is 1.92. The van der Waals surface area contributed by atoms with Crippen molar-refractivity contribution >= 4 is 17.5 Å². The van der Waals surface area contributed by atoms with E-state index in [0.717, 1.165) is 37.5 Å². The van der Waals surface area contributed by atoms with Gasteiger partial charge in [0.2, 0.25) is 5.91 Å². The summed E-state index contributed by atoms with van der Waals surface area (Å²) in [6.07, 6.45) is 2.02. The average Bonchev–Trinajstić information content (AvgIpc) is 2.68. The van der Waals surface area contributed by atoms with E-state index in [0.29, 0.717) is 0 Å². The molecule has 2 N–H and O–H groups in total. The molecule has 0 radical (unpaired) electrons. The molecule has 2 atom stereocenters. The maximum Gasteiger partial charge on any atom is 0.228 e. The second-order valence-corrected chi connectivity index (χ2v) is 5.69. The number of benzene rings is 1. The monoisotopic (exact) mass is 264 g/mol. The first-order valence-corrected chi connectivity index (χ1v) is 6.85. The summed E-state index contributed by atoms with van der Waals surface area (Å²) >= 11 is 6.07. The number of halogens is 1. The Labute approximate surface area is 112 Å². The van der Waals surface area contributed by atoms with Crippen LogP contribution in [0.3, 0.4) is 0 Å². The number of carbonyl (C=O) groups excluding carboxylic acids is 1. The van der Waals surface area contributed by atoms with Gasteiger partial charge in [-0.3, -0.25) is 4.79 Å². The van der Waals surface area contributed by atoms with Crippen LogP contribution in [0.25, 0.3) is 0 Å². The summed E-state index contributed by atoms with van der Waals surface area (Å²) in [6.45, 7) is 2.51. The minimum absolute atomic E-state index is 0.194. The van der Waals surface area contributed by atoms with Gasteiger partial charge < -0.3 is 10.6 Å². The van der Waals surface area contributed by atoms with Crippen molar-refractivity contribution in [3.63, 3.8) is 0 Å². The van der Waals surface area contributed by atoms with E-state index in [1.807, 2.05) is 18.2 Å². The van der Waals surface area contributed by atoms with Crippen LogP contribution in [0, 0.1) is 5.41 Å². The van der Waals surface area contributed by atoms with Crippen LogP contribution in [-0.2, 0) is 4.79 Å². The van der Waals surface area contributed by atoms with Crippen LogP contribution in [0.2, 0.25) is 5.02 Å². The lowest BCUT2D eigenvalue weighted by Gasteiger charge is -2.36. The Bertz CT molecular complexity index is 469. The van der Waals surface area contributed by atoms with Gasteiger partial charge in [0.25, 0.3) is 0 Å². The topological polar surface area (TPSA) is 41.1 Å². The number of rotatable bonds is 1. The number of piperidine rings is 1. The van der Waals surface area contributed by atoms with Gasteiger partial charge >= 0.3 is 0 Å². The molecule has 0 aromatic heterocycles. The SMILES string of the molecule is O=C1NCC(c2cccc(Cl)c2)C12CCCNC2. The standard InChI is InChI=1S/C14H17ClN2O/c15-11-4-1-3-10(7-11)12-8-17-13(18)14(12)5-2-6-16-9-14/h1,3-4,7,12,16H,2,5-6,8-9H2,(H,17,18). The minimum Gasteiger partial charge on any atom is -0.355 e. The Morgan fingerprint density at radius 1 is 1.39 bits per heavy atom. The molecule has 2 aliphatic rings. The van der Waals surface area contributed by atoms with E-state index in [1.54, 1.807) is 0 Å². The molecule has 1 amide bonds. The highest BCUT2D eigenvalue weighted by Crippen LogP contribution is 2.44. The zero-order chi connectivity index (χ0) is 12.6. The summed E-state index contributed by atoms with van der Waals surface area (Å²) in [5.74, 6) is 0.427. The van der Waals surface area contributed by atoms with Gasteiger partial charge in [-0.25, -0.2) is 0 Å². The van der Waals surface area contributed by atoms with E-state index < -0.39 is 0 Å². The van der Waals surface area contributed by atoms with E-state index >= 15 is 0 Å². The van der Waals surface area contributed by atoms with Crippen LogP contribution >= 0.6 is 11.6 Å². The van der Waals surface area contributed by atoms with E-state index in [2.05, 4.69) is 16.7 Å². The van der Waals surface area contributed by atoms with Crippen LogP contribution in [0.5, 0.6) is 0 Å². The van der Waals surface area contributed by atoms with Crippen LogP contribution in [-0.4, -0.2) is 25.5 Å². The van der Waals surface area contributed by atoms with Crippen molar-refractivity contribution in [3.8, 4) is 0 Å². The fraction of sp³-hybridized carbons (Fsp3) is 0.500. The van der Waals surface area contributed by atoms with Crippen LogP contribution in [0.4, 0.5) is 0 Å². The zero-order valence-corrected chi connectivity index (χ0v) is 11.0. The highest BCUT2D eigenvalue weighted by molar-refractivity contribution is 6.30. The quantitative estimate of drug-likeness (QED) is 0.814. The first kappa shape index (κ1) is 12.0. The molecule has 2 saturated heterocycles. The van der Waals surface area contributed by atoms with Crippen molar-refractivity contribution in [2.75, 3.05) is 19.6 Å². The Morgan fingerprint density at radius 2 is 2.28 bits per heavy atom. The number of hydrogen-bond donors (Lipinski definition) is 2. The lowest BCUT2D eigenvalue weighted by molar-refractivity contribution is -0.129. The van der Waals surface area contributed by atoms with E-state index in [1.165, 1.54) is 5.56 Å². The minimum atomic E-state index is -0.275. The number of carbonyl (C=O) groups is 1. The molecule has 2 heterocycles. The summed E-state index contributed by atoms with van der Waals surface area (Å²) in [5, 5.41) is 7.14. The molecule has 1 aromatic rings. The average molecular weight is 265 g/mol. The Morgan fingerprint density at radius 3 is 3.00 bits per heavy atom. The molecular weight excluding hydrogens is 248 g/mol. The second-order valence-electron chi connectivity index (χ2n) is 5.25. The van der Waals surface area contributed by atoms with Crippen LogP contribution < -0.4 is 10.6 Å². The third-order valence-corrected chi connectivity index (χ3v) is 4.49. The summed E-state index contributed by atoms with van der Waals surface area (Å²) in [7, 11) is 0. The van der Waals surface area contributed by atoms with Crippen molar-refractivity contribution in [1.82, 2.24) is 10.6 Å². The van der Waals surface area contributed by atoms with Crippen molar-refractivity contribution in [3.05, 3.63) is 34.9 Å². The molecule has 0 bridgehead atoms. The van der Waals surface area contributed by atoms with Gasteiger partial charge in [0, 0.05) is 24.0 Å². The molecule has 3 nitrogen and oxygen atoms in total. The summed E-state index contributed by atoms with van der Waals surface area (Å²) in [6, 6.07) is 7.90. The number of amides is 1. The molecule has 1 spiro atoms. The zero-order valence-electron chi connectivity index (χ0n) is 10.2. The van der Waals surface area contributed by atoms with Gasteiger partial charge in [0.05, 0.1) is 5.41 Å². The summed E-state index contributed by atoms with van der Waals surface area (Å²) < 4.78 is 0. The Kier molecular flexibility index (Phi) is 3.04. The highest BCUT2D eigenvalue weighted by atomic mass is 35.5. The van der Waals surface area contributed by atoms with Crippen molar-refractivity contribution in [1.29, 1.82) is 0 Å². The molecule has 4 heteroatoms. The number of hydrogen-bond acceptors (Lipinski definition) is 2. The third kappa shape index (κ3) is 1.82. The Hall–Kier alpha value is -1.06. The summed E-state index contributed by atoms with van der Waals surface area (Å²) in [5.41, 5.74) is 0.896. The van der Waals surface area contributed by atoms with Gasteiger partial charge in [0.15, 0.2) is 0 Å². The lowest BCUT2D eigenvalue weighted by atomic mass is 9.69. The van der Waals surface area contributed by atoms with Crippen LogP contribution in [0.15, 0.2) is 24.3 Å². The maximum atomic E-state index is 12.2. The molecule has 18 heavy (non-hydrogen) atoms. The fourth-order valence-corrected chi connectivity index (χ4v) is 3.50. The predicted molar refractivity (Wildman–Crippen MR) is 71.7 cm³/mol. The van der Waals surface area contributed by atoms with Gasteiger partial charge in [-0.15, -0.1) is 0 Å². The maximum absolute atomic E-state index is 12.2. The molecule has 2 unspecified atom stereocenters. The van der Waals surface area contributed by atoms with Gasteiger partial charge in [-0.1, -0.05) is 23.7 Å². The molecule has 96 valence electrons. The fourth-order valence-electron chi connectivity index (χ4n) is 3.30. The largest absolute Gasteiger partial charge is 0.355 e. The van der Waals surface area contributed by atoms with Crippen molar-refractivity contribution in [2.45, 2.75) is 18.8 Å². The Balaban J connectivity index is 1.98. The van der Waals surface area contributed by atoms with E-state index in [-0.39, 0.29) is 17.2 Å². The molecule has 0 saturated carbocycles. The second kappa shape index (κ2) is 4.56. The molecule has 0 aliphatic carbocycles. The molecule has 1 aromatic carbocycles. The van der Waals surface area contributed by atoms with Gasteiger partial charge in [-0.2, -0.15) is 0 Å². The number of nitrogens with one attached hydrogen (secondary N) is 2. The molecule has 3 rings (SSSR count). The van der Waals surface area contributed by atoms with Crippen molar-refractivity contribution in [2.24, 2.45) is 5.41 Å². The van der Waals surface area contributed by atoms with Crippen LogP contribution in [0.1, 0.15) is 24.3 Å². The first-order valence-electron chi connectivity index (χ1n) is 6.47. The molecule has 2 fully saturated rings. The third-order valence-electron chi connectivity index (χ3n) is 4.25. The lowest BCUT2D eigenvalue weighted by Crippen LogP contribution is -2.47. The smallest absolute Gasteiger partial charge is 0.228 e. The van der Waals surface area contributed by atoms with Gasteiger partial charge in [-0.05, 0) is 37.1 Å². The van der Waals surface area contributed by atoms with Gasteiger partial charge in [0.1, 0.15) is 0 Å². The molecular formula is C14H17ClN2O. The highest BCUT2D eigenvalue weighted by Gasteiger charge is 2.51. The van der Waals surface area contributed by atoms with Crippen molar-refractivity contribution < 1.29 is 4.79 Å². The first-order chi connectivity index (χ1) is 8.72. The van der Waals surface area contributed by atoms with E-state index in [4.69, 9.17) is 11.6 Å².